The molecule has 1 unspecified atom stereocenters. The molecule has 1 fully saturated rings. The Hall–Kier alpha value is -2.71. The lowest BCUT2D eigenvalue weighted by atomic mass is 10.00. The Morgan fingerprint density at radius 1 is 1.12 bits per heavy atom. The molecule has 1 saturated heterocycles. The molecule has 5 N–H and O–H groups in total. The molecule has 0 saturated carbocycles. The molecule has 3 atom stereocenters. The molecule has 9 nitrogen and oxygen atoms in total. The number of nitrogens with one attached hydrogen (secondary N) is 3. The Morgan fingerprint density at radius 2 is 1.80 bits per heavy atom. The maximum atomic E-state index is 13.6. The molecule has 3 rings (SSSR count). The Bertz CT molecular complexity index is 1310. The number of nitrogens with zero attached hydrogens (tertiary/aromatic N) is 1. The zero-order valence-corrected chi connectivity index (χ0v) is 24.3. The monoisotopic (exact) mass is 617 g/mol. The molecule has 1 aliphatic heterocycles. The van der Waals surface area contributed by atoms with Gasteiger partial charge in [0.05, 0.1) is 0 Å². The Labute approximate surface area is 243 Å². The summed E-state index contributed by atoms with van der Waals surface area (Å²) < 4.78 is 70.3. The standard InChI is InChI=1S/C27H35ClF3N5O4S/c1-17(2)13-22(35-41(39,40)34-15-18-7-4-3-5-8-18)26(38)36-12-6-9-23(36)25(37)33-16-19-14-20(28)10-11-21(19)24(32)27(29,30)31/h3-5,7-8,10-11,14,17,22-24,34-35H,6,9,12-13,15-16,32H2,1-2H3,(H,33,37)/t22-,23-,24?/m0/s1. The fourth-order valence-corrected chi connectivity index (χ4v) is 5.89. The summed E-state index contributed by atoms with van der Waals surface area (Å²) in [5, 5.41) is 2.78. The summed E-state index contributed by atoms with van der Waals surface area (Å²) in [6.45, 7) is 3.65. The SMILES string of the molecule is CC(C)C[C@H](NS(=O)(=O)NCc1ccccc1)C(=O)N1CCC[C@H]1C(=O)NCc1cc(Cl)ccc1C(N)C(F)(F)F. The van der Waals surface area contributed by atoms with Crippen LogP contribution in [0.1, 0.15) is 55.8 Å². The van der Waals surface area contributed by atoms with Crippen molar-refractivity contribution in [3.8, 4) is 0 Å². The highest BCUT2D eigenvalue weighted by Crippen LogP contribution is 2.33. The van der Waals surface area contributed by atoms with E-state index in [1.807, 2.05) is 19.9 Å². The fourth-order valence-electron chi connectivity index (χ4n) is 4.68. The van der Waals surface area contributed by atoms with Gasteiger partial charge in [-0.3, -0.25) is 9.59 Å². The third-order valence-corrected chi connectivity index (χ3v) is 8.05. The van der Waals surface area contributed by atoms with Gasteiger partial charge < -0.3 is 16.0 Å². The van der Waals surface area contributed by atoms with Crippen LogP contribution in [0.3, 0.4) is 0 Å². The van der Waals surface area contributed by atoms with E-state index < -0.39 is 46.3 Å². The normalized spacial score (nSPS) is 17.5. The van der Waals surface area contributed by atoms with E-state index in [2.05, 4.69) is 14.8 Å². The number of hydrogen-bond acceptors (Lipinski definition) is 5. The van der Waals surface area contributed by atoms with Gasteiger partial charge in [-0.15, -0.1) is 0 Å². The lowest BCUT2D eigenvalue weighted by molar-refractivity contribution is -0.149. The van der Waals surface area contributed by atoms with Crippen LogP contribution in [0.2, 0.25) is 5.02 Å². The van der Waals surface area contributed by atoms with Gasteiger partial charge in [-0.2, -0.15) is 31.0 Å². The number of rotatable bonds is 12. The minimum atomic E-state index is -4.70. The molecule has 0 aliphatic carbocycles. The number of hydrogen-bond donors (Lipinski definition) is 4. The quantitative estimate of drug-likeness (QED) is 0.289. The molecule has 2 amide bonds. The van der Waals surface area contributed by atoms with Crippen LogP contribution in [0.4, 0.5) is 13.2 Å². The first-order valence-corrected chi connectivity index (χ1v) is 15.0. The Morgan fingerprint density at radius 3 is 2.44 bits per heavy atom. The number of carbonyl (C=O) groups is 2. The molecule has 0 radical (unpaired) electrons. The first-order valence-electron chi connectivity index (χ1n) is 13.2. The van der Waals surface area contributed by atoms with E-state index in [1.54, 1.807) is 24.3 Å². The van der Waals surface area contributed by atoms with E-state index in [1.165, 1.54) is 23.1 Å². The molecule has 2 aromatic carbocycles. The summed E-state index contributed by atoms with van der Waals surface area (Å²) >= 11 is 5.98. The average Bonchev–Trinajstić information content (AvgIpc) is 3.39. The lowest BCUT2D eigenvalue weighted by Gasteiger charge is -2.29. The van der Waals surface area contributed by atoms with E-state index in [4.69, 9.17) is 17.3 Å². The average molecular weight is 618 g/mol. The van der Waals surface area contributed by atoms with E-state index in [0.29, 0.717) is 12.8 Å². The van der Waals surface area contributed by atoms with Crippen molar-refractivity contribution in [1.82, 2.24) is 19.7 Å². The first kappa shape index (κ1) is 32.8. The maximum absolute atomic E-state index is 13.6. The molecule has 1 aliphatic rings. The highest BCUT2D eigenvalue weighted by Gasteiger charge is 2.40. The number of benzene rings is 2. The van der Waals surface area contributed by atoms with Crippen LogP contribution in [-0.2, 0) is 32.9 Å². The van der Waals surface area contributed by atoms with E-state index in [9.17, 15) is 31.2 Å². The number of alkyl halides is 3. The smallest absolute Gasteiger partial charge is 0.350 e. The fraction of sp³-hybridized carbons (Fsp3) is 0.481. The van der Waals surface area contributed by atoms with Crippen molar-refractivity contribution in [2.75, 3.05) is 6.54 Å². The van der Waals surface area contributed by atoms with Crippen molar-refractivity contribution >= 4 is 33.6 Å². The van der Waals surface area contributed by atoms with E-state index in [0.717, 1.165) is 5.56 Å². The van der Waals surface area contributed by atoms with Crippen LogP contribution < -0.4 is 20.5 Å². The van der Waals surface area contributed by atoms with Crippen LogP contribution in [0.5, 0.6) is 0 Å². The predicted molar refractivity (Wildman–Crippen MR) is 150 cm³/mol. The number of nitrogens with two attached hydrogens (primary N) is 1. The summed E-state index contributed by atoms with van der Waals surface area (Å²) in [6.07, 6.45) is -3.69. The maximum Gasteiger partial charge on any atom is 0.407 e. The van der Waals surface area contributed by atoms with Crippen LogP contribution in [-0.4, -0.2) is 49.9 Å². The van der Waals surface area contributed by atoms with E-state index in [-0.39, 0.29) is 48.1 Å². The second kappa shape index (κ2) is 14.0. The molecule has 0 spiro atoms. The molecular weight excluding hydrogens is 583 g/mol. The second-order valence-electron chi connectivity index (χ2n) is 10.4. The van der Waals surface area contributed by atoms with Crippen LogP contribution in [0, 0.1) is 5.92 Å². The van der Waals surface area contributed by atoms with Crippen molar-refractivity contribution in [2.45, 2.75) is 70.5 Å². The zero-order chi connectivity index (χ0) is 30.4. The Balaban J connectivity index is 1.71. The summed E-state index contributed by atoms with van der Waals surface area (Å²) in [5.41, 5.74) is 6.00. The topological polar surface area (TPSA) is 134 Å². The summed E-state index contributed by atoms with van der Waals surface area (Å²) in [7, 11) is -4.08. The molecule has 41 heavy (non-hydrogen) atoms. The molecule has 1 heterocycles. The minimum Gasteiger partial charge on any atom is -0.350 e. The van der Waals surface area contributed by atoms with Crippen molar-refractivity contribution in [3.63, 3.8) is 0 Å². The van der Waals surface area contributed by atoms with Crippen LogP contribution in [0.15, 0.2) is 48.5 Å². The van der Waals surface area contributed by atoms with Gasteiger partial charge in [-0.1, -0.05) is 61.8 Å². The van der Waals surface area contributed by atoms with Crippen molar-refractivity contribution in [1.29, 1.82) is 0 Å². The number of amides is 2. The molecule has 226 valence electrons. The number of likely N-dealkylation sites (tertiary alicyclic amines) is 1. The number of halogens is 4. The van der Waals surface area contributed by atoms with Crippen LogP contribution >= 0.6 is 11.6 Å². The van der Waals surface area contributed by atoms with Crippen molar-refractivity contribution in [2.24, 2.45) is 11.7 Å². The van der Waals surface area contributed by atoms with Gasteiger partial charge in [0, 0.05) is 24.7 Å². The zero-order valence-electron chi connectivity index (χ0n) is 22.7. The van der Waals surface area contributed by atoms with Gasteiger partial charge in [0.15, 0.2) is 0 Å². The molecular formula is C27H35ClF3N5O4S. The first-order chi connectivity index (χ1) is 19.2. The summed E-state index contributed by atoms with van der Waals surface area (Å²) in [4.78, 5) is 28.0. The highest BCUT2D eigenvalue weighted by atomic mass is 35.5. The largest absolute Gasteiger partial charge is 0.407 e. The van der Waals surface area contributed by atoms with Crippen molar-refractivity contribution in [3.05, 3.63) is 70.2 Å². The molecule has 0 bridgehead atoms. The van der Waals surface area contributed by atoms with Crippen molar-refractivity contribution < 1.29 is 31.2 Å². The third kappa shape index (κ3) is 9.40. The lowest BCUT2D eigenvalue weighted by Crippen LogP contribution is -2.55. The molecule has 0 aromatic heterocycles. The minimum absolute atomic E-state index is 0.0248. The van der Waals surface area contributed by atoms with E-state index >= 15 is 0 Å². The van der Waals surface area contributed by atoms with Gasteiger partial charge in [-0.05, 0) is 54.0 Å². The van der Waals surface area contributed by atoms with Gasteiger partial charge in [0.1, 0.15) is 18.1 Å². The highest BCUT2D eigenvalue weighted by molar-refractivity contribution is 7.87. The van der Waals surface area contributed by atoms with Crippen LogP contribution in [0.25, 0.3) is 0 Å². The predicted octanol–water partition coefficient (Wildman–Crippen LogP) is 3.55. The molecule has 2 aromatic rings. The van der Waals surface area contributed by atoms with Gasteiger partial charge >= 0.3 is 6.18 Å². The van der Waals surface area contributed by atoms with Gasteiger partial charge in [-0.25, -0.2) is 0 Å². The van der Waals surface area contributed by atoms with Gasteiger partial charge in [0.2, 0.25) is 11.8 Å². The summed E-state index contributed by atoms with van der Waals surface area (Å²) in [5.74, 6) is -1.17. The third-order valence-electron chi connectivity index (χ3n) is 6.70. The summed E-state index contributed by atoms with van der Waals surface area (Å²) in [6, 6.07) is 8.33. The second-order valence-corrected chi connectivity index (χ2v) is 12.3. The van der Waals surface area contributed by atoms with Gasteiger partial charge in [0.25, 0.3) is 10.2 Å². The Kier molecular flexibility index (Phi) is 11.2. The molecule has 14 heteroatoms. The number of carbonyl (C=O) groups excluding carboxylic acids is 2.